The number of carbonyl (C=O) groups is 1. The molecule has 0 unspecified atom stereocenters. The summed E-state index contributed by atoms with van der Waals surface area (Å²) in [5, 5.41) is 3.36. The van der Waals surface area contributed by atoms with E-state index in [1.165, 1.54) is 11.3 Å². The first kappa shape index (κ1) is 22.7. The monoisotopic (exact) mass is 470 g/mol. The highest BCUT2D eigenvalue weighted by Gasteiger charge is 2.31. The van der Waals surface area contributed by atoms with E-state index >= 15 is 0 Å². The van der Waals surface area contributed by atoms with Crippen molar-refractivity contribution in [1.82, 2.24) is 4.98 Å². The Kier molecular flexibility index (Phi) is 6.79. The van der Waals surface area contributed by atoms with Gasteiger partial charge in [0.2, 0.25) is 0 Å². The molecule has 0 saturated carbocycles. The van der Waals surface area contributed by atoms with Crippen LogP contribution in [0.5, 0.6) is 0 Å². The topological polar surface area (TPSA) is 42.0 Å². The van der Waals surface area contributed by atoms with Crippen molar-refractivity contribution in [2.45, 2.75) is 31.8 Å². The van der Waals surface area contributed by atoms with Crippen LogP contribution in [0.1, 0.15) is 32.6 Å². The van der Waals surface area contributed by atoms with Crippen LogP contribution in [0.2, 0.25) is 5.02 Å². The average Bonchev–Trinajstić information content (AvgIpc) is 3.02. The number of alkyl halides is 3. The van der Waals surface area contributed by atoms with Crippen molar-refractivity contribution in [2.75, 3.05) is 11.1 Å². The largest absolute Gasteiger partial charge is 0.417 e. The quantitative estimate of drug-likeness (QED) is 0.393. The molecule has 0 fully saturated rings. The fourth-order valence-corrected chi connectivity index (χ4v) is 4.89. The molecule has 3 nitrogen and oxygen atoms in total. The molecular weight excluding hydrogens is 453 g/mol. The lowest BCUT2D eigenvalue weighted by Crippen LogP contribution is -2.10. The first-order valence-corrected chi connectivity index (χ1v) is 11.2. The van der Waals surface area contributed by atoms with E-state index in [4.69, 9.17) is 11.6 Å². The summed E-state index contributed by atoms with van der Waals surface area (Å²) in [6.45, 7) is 5.41. The summed E-state index contributed by atoms with van der Waals surface area (Å²) in [6, 6.07) is 8.07. The molecule has 3 aromatic rings. The van der Waals surface area contributed by atoms with Gasteiger partial charge in [-0.05, 0) is 55.5 Å². The number of pyridine rings is 1. The number of amides is 1. The van der Waals surface area contributed by atoms with Crippen LogP contribution in [0.15, 0.2) is 41.4 Å². The number of thioether (sulfide) groups is 1. The average molecular weight is 471 g/mol. The molecule has 0 spiro atoms. The van der Waals surface area contributed by atoms with Gasteiger partial charge in [-0.25, -0.2) is 0 Å². The number of benzene rings is 1. The number of hydrogen-bond donors (Lipinski definition) is 1. The van der Waals surface area contributed by atoms with Crippen molar-refractivity contribution in [3.63, 3.8) is 0 Å². The van der Waals surface area contributed by atoms with Crippen molar-refractivity contribution in [3.05, 3.63) is 62.4 Å². The predicted octanol–water partition coefficient (Wildman–Crippen LogP) is 7.46. The summed E-state index contributed by atoms with van der Waals surface area (Å²) >= 11 is 9.01. The van der Waals surface area contributed by atoms with Crippen LogP contribution in [0.4, 0.5) is 18.9 Å². The van der Waals surface area contributed by atoms with Crippen molar-refractivity contribution in [2.24, 2.45) is 0 Å². The SMILES string of the molecule is CCSc1cc(Cl)cc(NC(=O)c2cc(-c3ncc(C(F)(F)F)cc3C)c(C)s2)c1. The standard InChI is InChI=1S/C21H18ClF3N2OS2/c1-4-29-16-7-14(22)6-15(8-16)27-20(28)18-9-17(12(3)30-18)19-11(2)5-13(10-26-19)21(23,24)25/h5-10H,4H2,1-3H3,(H,27,28). The van der Waals surface area contributed by atoms with Crippen LogP contribution in [-0.2, 0) is 6.18 Å². The maximum absolute atomic E-state index is 12.9. The summed E-state index contributed by atoms with van der Waals surface area (Å²) < 4.78 is 38.7. The van der Waals surface area contributed by atoms with Crippen LogP contribution in [0, 0.1) is 13.8 Å². The van der Waals surface area contributed by atoms with Crippen LogP contribution < -0.4 is 5.32 Å². The van der Waals surface area contributed by atoms with Crippen LogP contribution in [0.25, 0.3) is 11.3 Å². The maximum Gasteiger partial charge on any atom is 0.417 e. The molecule has 0 aliphatic heterocycles. The molecule has 2 heterocycles. The minimum absolute atomic E-state index is 0.311. The number of nitrogens with one attached hydrogen (secondary N) is 1. The predicted molar refractivity (Wildman–Crippen MR) is 118 cm³/mol. The van der Waals surface area contributed by atoms with Crippen LogP contribution >= 0.6 is 34.7 Å². The highest BCUT2D eigenvalue weighted by Crippen LogP contribution is 2.35. The van der Waals surface area contributed by atoms with Gasteiger partial charge in [-0.2, -0.15) is 13.2 Å². The Bertz CT molecular complexity index is 1100. The molecule has 0 radical (unpaired) electrons. The Balaban J connectivity index is 1.87. The summed E-state index contributed by atoms with van der Waals surface area (Å²) in [4.78, 5) is 18.9. The number of rotatable bonds is 5. The summed E-state index contributed by atoms with van der Waals surface area (Å²) in [6.07, 6.45) is -3.63. The molecule has 1 aromatic carbocycles. The molecule has 3 rings (SSSR count). The summed E-state index contributed by atoms with van der Waals surface area (Å²) in [5.74, 6) is 0.564. The Hall–Kier alpha value is -2.03. The molecular formula is C21H18ClF3N2OS2. The van der Waals surface area contributed by atoms with Crippen molar-refractivity contribution in [3.8, 4) is 11.3 Å². The first-order valence-electron chi connectivity index (χ1n) is 8.98. The van der Waals surface area contributed by atoms with E-state index in [-0.39, 0.29) is 5.91 Å². The second-order valence-corrected chi connectivity index (χ2v) is 9.56. The van der Waals surface area contributed by atoms with Gasteiger partial charge < -0.3 is 5.32 Å². The van der Waals surface area contributed by atoms with Gasteiger partial charge >= 0.3 is 6.18 Å². The lowest BCUT2D eigenvalue weighted by Gasteiger charge is -2.10. The van der Waals surface area contributed by atoms with E-state index in [9.17, 15) is 18.0 Å². The second kappa shape index (κ2) is 8.99. The van der Waals surface area contributed by atoms with Gasteiger partial charge in [0.25, 0.3) is 5.91 Å². The number of aryl methyl sites for hydroxylation is 2. The van der Waals surface area contributed by atoms with Gasteiger partial charge in [-0.15, -0.1) is 23.1 Å². The van der Waals surface area contributed by atoms with Crippen molar-refractivity contribution < 1.29 is 18.0 Å². The molecule has 1 N–H and O–H groups in total. The molecule has 0 bridgehead atoms. The van der Waals surface area contributed by atoms with Gasteiger partial charge in [-0.1, -0.05) is 18.5 Å². The summed E-state index contributed by atoms with van der Waals surface area (Å²) in [5.41, 5.74) is 1.26. The zero-order valence-electron chi connectivity index (χ0n) is 16.4. The Morgan fingerprint density at radius 2 is 1.93 bits per heavy atom. The zero-order chi connectivity index (χ0) is 22.1. The molecule has 0 saturated heterocycles. The van der Waals surface area contributed by atoms with Crippen LogP contribution in [-0.4, -0.2) is 16.6 Å². The van der Waals surface area contributed by atoms with Crippen LogP contribution in [0.3, 0.4) is 0 Å². The lowest BCUT2D eigenvalue weighted by atomic mass is 10.1. The normalized spacial score (nSPS) is 11.6. The van der Waals surface area contributed by atoms with E-state index in [0.717, 1.165) is 27.8 Å². The van der Waals surface area contributed by atoms with Gasteiger partial charge in [0.1, 0.15) is 0 Å². The first-order chi connectivity index (χ1) is 14.1. The minimum atomic E-state index is -4.45. The highest BCUT2D eigenvalue weighted by atomic mass is 35.5. The lowest BCUT2D eigenvalue weighted by molar-refractivity contribution is -0.137. The third-order valence-electron chi connectivity index (χ3n) is 4.24. The zero-order valence-corrected chi connectivity index (χ0v) is 18.7. The minimum Gasteiger partial charge on any atom is -0.321 e. The maximum atomic E-state index is 12.9. The molecule has 158 valence electrons. The number of carbonyl (C=O) groups excluding carboxylic acids is 1. The Labute approximate surface area is 185 Å². The Morgan fingerprint density at radius 3 is 2.57 bits per heavy atom. The number of anilines is 1. The molecule has 2 aromatic heterocycles. The van der Waals surface area contributed by atoms with Crippen molar-refractivity contribution in [1.29, 1.82) is 0 Å². The van der Waals surface area contributed by atoms with Crippen molar-refractivity contribution >= 4 is 46.3 Å². The second-order valence-electron chi connectivity index (χ2n) is 6.53. The highest BCUT2D eigenvalue weighted by molar-refractivity contribution is 7.99. The molecule has 1 amide bonds. The third kappa shape index (κ3) is 5.17. The van der Waals surface area contributed by atoms with Gasteiger partial charge in [0, 0.05) is 32.2 Å². The number of nitrogens with zero attached hydrogens (tertiary/aromatic N) is 1. The number of aromatic nitrogens is 1. The molecule has 30 heavy (non-hydrogen) atoms. The fourth-order valence-electron chi connectivity index (χ4n) is 2.92. The van der Waals surface area contributed by atoms with Gasteiger partial charge in [0.05, 0.1) is 16.1 Å². The van der Waals surface area contributed by atoms with E-state index in [1.54, 1.807) is 30.8 Å². The number of thiophene rings is 1. The van der Waals surface area contributed by atoms with E-state index < -0.39 is 11.7 Å². The van der Waals surface area contributed by atoms with Gasteiger partial charge in [-0.3, -0.25) is 9.78 Å². The smallest absolute Gasteiger partial charge is 0.321 e. The number of hydrogen-bond acceptors (Lipinski definition) is 4. The molecule has 9 heteroatoms. The molecule has 0 aliphatic carbocycles. The third-order valence-corrected chi connectivity index (χ3v) is 6.37. The van der Waals surface area contributed by atoms with Gasteiger partial charge in [0.15, 0.2) is 0 Å². The molecule has 0 aliphatic rings. The van der Waals surface area contributed by atoms with E-state index in [2.05, 4.69) is 10.3 Å². The molecule has 0 atom stereocenters. The van der Waals surface area contributed by atoms with E-state index in [1.807, 2.05) is 26.0 Å². The number of halogens is 4. The van der Waals surface area contributed by atoms with E-state index in [0.29, 0.717) is 32.4 Å². The fraction of sp³-hybridized carbons (Fsp3) is 0.238. The Morgan fingerprint density at radius 1 is 1.20 bits per heavy atom. The summed E-state index contributed by atoms with van der Waals surface area (Å²) in [7, 11) is 0.